The molecule has 7 aromatic carbocycles. The summed E-state index contributed by atoms with van der Waals surface area (Å²) in [5.74, 6) is 1.12. The van der Waals surface area contributed by atoms with Gasteiger partial charge in [-0.05, 0) is 111 Å². The number of aryl methyl sites for hydroxylation is 2. The van der Waals surface area contributed by atoms with Crippen molar-refractivity contribution in [3.8, 4) is 22.3 Å². The molecule has 0 N–H and O–H groups in total. The van der Waals surface area contributed by atoms with Gasteiger partial charge < -0.3 is 9.47 Å². The molecule has 1 heterocycles. The third-order valence-electron chi connectivity index (χ3n) is 12.3. The summed E-state index contributed by atoms with van der Waals surface area (Å²) in [6.07, 6.45) is 1.21. The zero-order valence-electron chi connectivity index (χ0n) is 29.0. The second kappa shape index (κ2) is 9.76. The Morgan fingerprint density at radius 2 is 1.32 bits per heavy atom. The molecule has 0 bridgehead atoms. The van der Waals surface area contributed by atoms with E-state index in [1.807, 2.05) is 0 Å². The molecule has 3 aliphatic carbocycles. The number of benzene rings is 7. The molecule has 2 unspecified atom stereocenters. The Morgan fingerprint density at radius 3 is 2.20 bits per heavy atom. The van der Waals surface area contributed by atoms with Crippen molar-refractivity contribution in [3.05, 3.63) is 161 Å². The average molecular weight is 643 g/mol. The highest BCUT2D eigenvalue weighted by atomic mass is 15.1. The third kappa shape index (κ3) is 3.63. The van der Waals surface area contributed by atoms with E-state index >= 15 is 0 Å². The summed E-state index contributed by atoms with van der Waals surface area (Å²) in [6, 6.07) is 50.8. The number of anilines is 3. The molecule has 50 heavy (non-hydrogen) atoms. The summed E-state index contributed by atoms with van der Waals surface area (Å²) in [7, 11) is 2.19. The molecule has 3 aliphatic rings. The van der Waals surface area contributed by atoms with Gasteiger partial charge in [-0.2, -0.15) is 0 Å². The predicted octanol–water partition coefficient (Wildman–Crippen LogP) is 12.8. The standard InChI is InChI=1S/C48H38N2/c1-28-20-22-36-40(24-28)48(2,3)41-27-45(32-14-7-8-16-35(32)46(36)41)50(29-21-23-43-38(25-29)33-15-9-10-18-42(33)49(43)4)44-19-11-17-34-30-12-5-6-13-31(30)37-26-39(37)47(34)44/h5-25,27,37,39H,26H2,1-4H3. The fraction of sp³-hybridized carbons (Fsp3) is 0.167. The van der Waals surface area contributed by atoms with Gasteiger partial charge in [0.1, 0.15) is 0 Å². The van der Waals surface area contributed by atoms with Crippen molar-refractivity contribution in [2.45, 2.75) is 44.4 Å². The molecule has 8 aromatic rings. The third-order valence-corrected chi connectivity index (χ3v) is 12.3. The second-order valence-corrected chi connectivity index (χ2v) is 15.4. The van der Waals surface area contributed by atoms with Crippen molar-refractivity contribution in [2.75, 3.05) is 4.90 Å². The van der Waals surface area contributed by atoms with Crippen molar-refractivity contribution in [2.24, 2.45) is 7.05 Å². The van der Waals surface area contributed by atoms with Crippen LogP contribution in [0.2, 0.25) is 0 Å². The number of aromatic nitrogens is 1. The highest BCUT2D eigenvalue weighted by Gasteiger charge is 2.47. The lowest BCUT2D eigenvalue weighted by atomic mass is 9.81. The molecule has 0 radical (unpaired) electrons. The first kappa shape index (κ1) is 28.3. The van der Waals surface area contributed by atoms with Gasteiger partial charge in [0.2, 0.25) is 0 Å². The molecule has 2 heteroatoms. The zero-order chi connectivity index (χ0) is 33.5. The lowest BCUT2D eigenvalue weighted by Crippen LogP contribution is -2.18. The van der Waals surface area contributed by atoms with Crippen molar-refractivity contribution < 1.29 is 0 Å². The van der Waals surface area contributed by atoms with E-state index in [-0.39, 0.29) is 5.41 Å². The molecule has 1 fully saturated rings. The fourth-order valence-corrected chi connectivity index (χ4v) is 9.86. The highest BCUT2D eigenvalue weighted by molar-refractivity contribution is 6.12. The molecule has 0 amide bonds. The average Bonchev–Trinajstić information content (AvgIpc) is 3.86. The van der Waals surface area contributed by atoms with E-state index in [4.69, 9.17) is 0 Å². The largest absolute Gasteiger partial charge is 0.344 e. The Labute approximate surface area is 293 Å². The maximum absolute atomic E-state index is 2.62. The molecule has 0 saturated heterocycles. The number of para-hydroxylation sites is 1. The Morgan fingerprint density at radius 1 is 0.580 bits per heavy atom. The first-order valence-corrected chi connectivity index (χ1v) is 18.1. The summed E-state index contributed by atoms with van der Waals surface area (Å²) in [5, 5.41) is 5.20. The number of hydrogen-bond acceptors (Lipinski definition) is 1. The van der Waals surface area contributed by atoms with Crippen LogP contribution in [0.15, 0.2) is 133 Å². The molecule has 11 rings (SSSR count). The van der Waals surface area contributed by atoms with Gasteiger partial charge in [0.05, 0.1) is 11.4 Å². The topological polar surface area (TPSA) is 8.17 Å². The van der Waals surface area contributed by atoms with Crippen molar-refractivity contribution in [1.29, 1.82) is 0 Å². The Bertz CT molecular complexity index is 2760. The van der Waals surface area contributed by atoms with Crippen LogP contribution in [0, 0.1) is 6.92 Å². The van der Waals surface area contributed by atoms with Crippen LogP contribution in [0.3, 0.4) is 0 Å². The van der Waals surface area contributed by atoms with Crippen LogP contribution in [0.1, 0.15) is 59.9 Å². The minimum Gasteiger partial charge on any atom is -0.344 e. The van der Waals surface area contributed by atoms with Crippen LogP contribution in [0.25, 0.3) is 54.8 Å². The second-order valence-electron chi connectivity index (χ2n) is 15.4. The van der Waals surface area contributed by atoms with Crippen LogP contribution in [0.4, 0.5) is 17.1 Å². The van der Waals surface area contributed by atoms with Crippen LogP contribution in [-0.4, -0.2) is 4.57 Å². The minimum absolute atomic E-state index is 0.128. The molecule has 240 valence electrons. The van der Waals surface area contributed by atoms with Crippen molar-refractivity contribution in [1.82, 2.24) is 4.57 Å². The van der Waals surface area contributed by atoms with E-state index in [0.717, 1.165) is 0 Å². The van der Waals surface area contributed by atoms with Crippen molar-refractivity contribution >= 4 is 49.6 Å². The summed E-state index contributed by atoms with van der Waals surface area (Å²) in [4.78, 5) is 2.62. The molecule has 2 atom stereocenters. The summed E-state index contributed by atoms with van der Waals surface area (Å²) < 4.78 is 2.33. The molecule has 2 nitrogen and oxygen atoms in total. The van der Waals surface area contributed by atoms with Crippen LogP contribution in [-0.2, 0) is 12.5 Å². The van der Waals surface area contributed by atoms with E-state index in [1.54, 1.807) is 0 Å². The van der Waals surface area contributed by atoms with Crippen LogP contribution >= 0.6 is 0 Å². The zero-order valence-corrected chi connectivity index (χ0v) is 29.0. The quantitative estimate of drug-likeness (QED) is 0.186. The van der Waals surface area contributed by atoms with E-state index in [2.05, 4.69) is 171 Å². The normalized spacial score (nSPS) is 17.7. The molecule has 0 spiro atoms. The van der Waals surface area contributed by atoms with Crippen molar-refractivity contribution in [3.63, 3.8) is 0 Å². The lowest BCUT2D eigenvalue weighted by Gasteiger charge is -2.33. The van der Waals surface area contributed by atoms with E-state index < -0.39 is 0 Å². The van der Waals surface area contributed by atoms with E-state index in [0.29, 0.717) is 11.8 Å². The van der Waals surface area contributed by atoms with Crippen LogP contribution < -0.4 is 4.90 Å². The molecule has 0 aliphatic heterocycles. The monoisotopic (exact) mass is 642 g/mol. The Kier molecular flexibility index (Phi) is 5.52. The number of rotatable bonds is 3. The number of nitrogens with zero attached hydrogens (tertiary/aromatic N) is 2. The fourth-order valence-electron chi connectivity index (χ4n) is 9.86. The van der Waals surface area contributed by atoms with Gasteiger partial charge in [-0.3, -0.25) is 0 Å². The summed E-state index contributed by atoms with van der Waals surface area (Å²) in [6.45, 7) is 7.05. The maximum atomic E-state index is 2.62. The van der Waals surface area contributed by atoms with E-state index in [9.17, 15) is 0 Å². The summed E-state index contributed by atoms with van der Waals surface area (Å²) in [5.41, 5.74) is 18.9. The van der Waals surface area contributed by atoms with Gasteiger partial charge in [-0.25, -0.2) is 0 Å². The lowest BCUT2D eigenvalue weighted by molar-refractivity contribution is 0.660. The van der Waals surface area contributed by atoms with Crippen LogP contribution in [0.5, 0.6) is 0 Å². The van der Waals surface area contributed by atoms with E-state index in [1.165, 1.54) is 106 Å². The first-order valence-electron chi connectivity index (χ1n) is 18.1. The van der Waals surface area contributed by atoms with Gasteiger partial charge in [-0.15, -0.1) is 0 Å². The maximum Gasteiger partial charge on any atom is 0.0543 e. The predicted molar refractivity (Wildman–Crippen MR) is 210 cm³/mol. The van der Waals surface area contributed by atoms with Gasteiger partial charge >= 0.3 is 0 Å². The Balaban J connectivity index is 1.25. The van der Waals surface area contributed by atoms with Gasteiger partial charge in [0, 0.05) is 45.3 Å². The molecular formula is C48H38N2. The smallest absolute Gasteiger partial charge is 0.0543 e. The highest BCUT2D eigenvalue weighted by Crippen LogP contribution is 2.65. The van der Waals surface area contributed by atoms with Gasteiger partial charge in [-0.1, -0.05) is 116 Å². The van der Waals surface area contributed by atoms with Gasteiger partial charge in [0.25, 0.3) is 0 Å². The molecular weight excluding hydrogens is 605 g/mol. The Hall–Kier alpha value is -5.60. The first-order chi connectivity index (χ1) is 24.4. The SMILES string of the molecule is Cc1ccc2c(c1)C(C)(C)c1cc(N(c3ccc4c(c3)c3ccccc3n4C)c3cccc4c3C3CC3c3ccccc3-4)c3ccccc3c1-2. The van der Waals surface area contributed by atoms with Gasteiger partial charge in [0.15, 0.2) is 0 Å². The minimum atomic E-state index is -0.128. The molecule has 1 aromatic heterocycles. The molecule has 1 saturated carbocycles. The number of fused-ring (bicyclic) bond motifs is 14. The number of hydrogen-bond donors (Lipinski definition) is 0. The summed E-state index contributed by atoms with van der Waals surface area (Å²) >= 11 is 0.